The summed E-state index contributed by atoms with van der Waals surface area (Å²) in [4.78, 5) is 18.0. The highest BCUT2D eigenvalue weighted by Crippen LogP contribution is 2.29. The van der Waals surface area contributed by atoms with Crippen LogP contribution in [0.4, 0.5) is 0 Å². The van der Waals surface area contributed by atoms with E-state index in [9.17, 15) is 4.79 Å². The monoisotopic (exact) mass is 337 g/mol. The van der Waals surface area contributed by atoms with E-state index in [-0.39, 0.29) is 5.78 Å². The van der Waals surface area contributed by atoms with Gasteiger partial charge in [0.25, 0.3) is 0 Å². The maximum absolute atomic E-state index is 13.2. The van der Waals surface area contributed by atoms with Gasteiger partial charge in [0.15, 0.2) is 0 Å². The lowest BCUT2D eigenvalue weighted by molar-refractivity contribution is 0.103. The fraction of sp³-hybridized carbons (Fsp3) is 0.0833. The molecule has 26 heavy (non-hydrogen) atoms. The Balaban J connectivity index is 2.00. The summed E-state index contributed by atoms with van der Waals surface area (Å²) in [6.45, 7) is 4.17. The van der Waals surface area contributed by atoms with Gasteiger partial charge in [0.2, 0.25) is 5.78 Å². The molecule has 3 aromatic carbocycles. The number of fused-ring (bicyclic) bond motifs is 1. The van der Waals surface area contributed by atoms with Crippen molar-refractivity contribution in [3.8, 4) is 11.1 Å². The molecule has 126 valence electrons. The van der Waals surface area contributed by atoms with Gasteiger partial charge in [-0.15, -0.1) is 0 Å². The van der Waals surface area contributed by atoms with E-state index in [0.717, 1.165) is 22.0 Å². The molecule has 0 aliphatic heterocycles. The smallest absolute Gasteiger partial charge is 0.212 e. The van der Waals surface area contributed by atoms with Crippen molar-refractivity contribution in [3.05, 3.63) is 101 Å². The van der Waals surface area contributed by atoms with Gasteiger partial charge in [-0.05, 0) is 48.7 Å². The number of hydrogen-bond acceptors (Lipinski definition) is 2. The van der Waals surface area contributed by atoms with Crippen molar-refractivity contribution in [3.63, 3.8) is 0 Å². The Morgan fingerprint density at radius 2 is 1.38 bits per heavy atom. The number of aryl methyl sites for hydroxylation is 2. The molecule has 0 bridgehead atoms. The normalized spacial score (nSPS) is 10.8. The number of benzene rings is 3. The van der Waals surface area contributed by atoms with Crippen LogP contribution in [0, 0.1) is 13.8 Å². The molecule has 0 saturated carbocycles. The molecule has 0 amide bonds. The average molecular weight is 337 g/mol. The van der Waals surface area contributed by atoms with Crippen LogP contribution in [0.1, 0.15) is 27.2 Å². The van der Waals surface area contributed by atoms with Gasteiger partial charge in [-0.25, -0.2) is 4.98 Å². The van der Waals surface area contributed by atoms with Crippen LogP contribution in [-0.2, 0) is 0 Å². The third kappa shape index (κ3) is 2.91. The molecule has 2 heteroatoms. The van der Waals surface area contributed by atoms with Gasteiger partial charge in [0.05, 0.1) is 5.52 Å². The number of ketones is 1. The standard InChI is InChI=1S/C24H19NO/c1-16-13-20-15-21(18-9-5-3-6-10-18)23(25-22(20)14-17(16)2)24(26)19-11-7-4-8-12-19/h3-15H,1-2H3. The Morgan fingerprint density at radius 1 is 0.769 bits per heavy atom. The largest absolute Gasteiger partial charge is 0.287 e. The first-order chi connectivity index (χ1) is 12.6. The molecule has 0 fully saturated rings. The topological polar surface area (TPSA) is 30.0 Å². The molecule has 0 saturated heterocycles. The number of rotatable bonds is 3. The fourth-order valence-corrected chi connectivity index (χ4v) is 3.18. The summed E-state index contributed by atoms with van der Waals surface area (Å²) in [6.07, 6.45) is 0. The zero-order valence-electron chi connectivity index (χ0n) is 14.9. The first-order valence-electron chi connectivity index (χ1n) is 8.70. The second kappa shape index (κ2) is 6.57. The Morgan fingerprint density at radius 3 is 2.08 bits per heavy atom. The van der Waals surface area contributed by atoms with Gasteiger partial charge in [-0.2, -0.15) is 0 Å². The van der Waals surface area contributed by atoms with Crippen LogP contribution in [-0.4, -0.2) is 10.8 Å². The second-order valence-corrected chi connectivity index (χ2v) is 6.57. The van der Waals surface area contributed by atoms with Crippen LogP contribution < -0.4 is 0 Å². The highest BCUT2D eigenvalue weighted by molar-refractivity contribution is 6.12. The van der Waals surface area contributed by atoms with Gasteiger partial charge >= 0.3 is 0 Å². The van der Waals surface area contributed by atoms with Crippen molar-refractivity contribution in [2.45, 2.75) is 13.8 Å². The van der Waals surface area contributed by atoms with Gasteiger partial charge in [-0.3, -0.25) is 4.79 Å². The van der Waals surface area contributed by atoms with Crippen molar-refractivity contribution < 1.29 is 4.79 Å². The summed E-state index contributed by atoms with van der Waals surface area (Å²) in [6, 6.07) is 25.6. The minimum absolute atomic E-state index is 0.0513. The molecule has 0 N–H and O–H groups in total. The van der Waals surface area contributed by atoms with E-state index in [4.69, 9.17) is 4.98 Å². The van der Waals surface area contributed by atoms with Crippen molar-refractivity contribution in [1.29, 1.82) is 0 Å². The van der Waals surface area contributed by atoms with Gasteiger partial charge in [0, 0.05) is 16.5 Å². The van der Waals surface area contributed by atoms with Crippen LogP contribution >= 0.6 is 0 Å². The Kier molecular flexibility index (Phi) is 4.10. The quantitative estimate of drug-likeness (QED) is 0.446. The van der Waals surface area contributed by atoms with E-state index in [1.165, 1.54) is 11.1 Å². The van der Waals surface area contributed by atoms with E-state index in [1.54, 1.807) is 0 Å². The number of carbonyl (C=O) groups excluding carboxylic acids is 1. The fourth-order valence-electron chi connectivity index (χ4n) is 3.18. The van der Waals surface area contributed by atoms with Gasteiger partial charge in [-0.1, -0.05) is 60.7 Å². The van der Waals surface area contributed by atoms with Crippen LogP contribution in [0.5, 0.6) is 0 Å². The molecule has 0 aliphatic carbocycles. The summed E-state index contributed by atoms with van der Waals surface area (Å²) in [5.41, 5.74) is 6.27. The van der Waals surface area contributed by atoms with Crippen LogP contribution in [0.15, 0.2) is 78.9 Å². The third-order valence-corrected chi connectivity index (χ3v) is 4.77. The van der Waals surface area contributed by atoms with E-state index >= 15 is 0 Å². The van der Waals surface area contributed by atoms with Crippen LogP contribution in [0.3, 0.4) is 0 Å². The average Bonchev–Trinajstić information content (AvgIpc) is 2.69. The summed E-state index contributed by atoms with van der Waals surface area (Å²) < 4.78 is 0. The lowest BCUT2D eigenvalue weighted by Gasteiger charge is -2.12. The Bertz CT molecular complexity index is 1100. The molecule has 0 unspecified atom stereocenters. The number of pyridine rings is 1. The molecular formula is C24H19NO. The highest BCUT2D eigenvalue weighted by atomic mass is 16.1. The van der Waals surface area contributed by atoms with E-state index in [0.29, 0.717) is 11.3 Å². The number of nitrogens with zero attached hydrogens (tertiary/aromatic N) is 1. The van der Waals surface area contributed by atoms with Crippen molar-refractivity contribution in [1.82, 2.24) is 4.98 Å². The molecule has 1 aromatic heterocycles. The molecule has 0 radical (unpaired) electrons. The van der Waals surface area contributed by atoms with Crippen LogP contribution in [0.2, 0.25) is 0 Å². The lowest BCUT2D eigenvalue weighted by Crippen LogP contribution is -2.07. The van der Waals surface area contributed by atoms with E-state index < -0.39 is 0 Å². The first kappa shape index (κ1) is 16.2. The molecule has 0 spiro atoms. The maximum Gasteiger partial charge on any atom is 0.212 e. The molecule has 4 aromatic rings. The summed E-state index contributed by atoms with van der Waals surface area (Å²) in [7, 11) is 0. The Hall–Kier alpha value is -3.26. The summed E-state index contributed by atoms with van der Waals surface area (Å²) in [5.74, 6) is -0.0513. The third-order valence-electron chi connectivity index (χ3n) is 4.77. The number of hydrogen-bond donors (Lipinski definition) is 0. The minimum Gasteiger partial charge on any atom is -0.287 e. The summed E-state index contributed by atoms with van der Waals surface area (Å²) >= 11 is 0. The molecule has 4 rings (SSSR count). The van der Waals surface area contributed by atoms with Crippen molar-refractivity contribution in [2.24, 2.45) is 0 Å². The molecule has 0 atom stereocenters. The predicted octanol–water partition coefficient (Wildman–Crippen LogP) is 5.75. The zero-order valence-corrected chi connectivity index (χ0v) is 14.9. The SMILES string of the molecule is Cc1cc2cc(-c3ccccc3)c(C(=O)c3ccccc3)nc2cc1C. The van der Waals surface area contributed by atoms with Gasteiger partial charge < -0.3 is 0 Å². The zero-order chi connectivity index (χ0) is 18.1. The van der Waals surface area contributed by atoms with Crippen molar-refractivity contribution in [2.75, 3.05) is 0 Å². The number of aromatic nitrogens is 1. The number of carbonyl (C=O) groups is 1. The summed E-state index contributed by atoms with van der Waals surface area (Å²) in [5, 5.41) is 1.05. The maximum atomic E-state index is 13.2. The lowest BCUT2D eigenvalue weighted by atomic mass is 9.95. The van der Waals surface area contributed by atoms with Gasteiger partial charge in [0.1, 0.15) is 5.69 Å². The molecule has 0 aliphatic rings. The first-order valence-corrected chi connectivity index (χ1v) is 8.70. The second-order valence-electron chi connectivity index (χ2n) is 6.57. The van der Waals surface area contributed by atoms with E-state index in [2.05, 4.69) is 32.0 Å². The minimum atomic E-state index is -0.0513. The molecular weight excluding hydrogens is 318 g/mol. The van der Waals surface area contributed by atoms with Crippen molar-refractivity contribution >= 4 is 16.7 Å². The van der Waals surface area contributed by atoms with E-state index in [1.807, 2.05) is 60.7 Å². The Labute approximate surface area is 153 Å². The molecule has 2 nitrogen and oxygen atoms in total. The molecule has 1 heterocycles. The highest BCUT2D eigenvalue weighted by Gasteiger charge is 2.18. The predicted molar refractivity (Wildman–Crippen MR) is 107 cm³/mol. The van der Waals surface area contributed by atoms with Crippen LogP contribution in [0.25, 0.3) is 22.0 Å².